The SMILES string of the molecule is COc1ccc(C2CN(c3cnc4ccccc4n3)CC2NC(C)=O)cc1. The Kier molecular flexibility index (Phi) is 4.62. The van der Waals surface area contributed by atoms with E-state index in [9.17, 15) is 4.79 Å². The van der Waals surface area contributed by atoms with Gasteiger partial charge in [-0.3, -0.25) is 9.78 Å². The van der Waals surface area contributed by atoms with Gasteiger partial charge in [-0.1, -0.05) is 24.3 Å². The average Bonchev–Trinajstić information content (AvgIpc) is 3.10. The Morgan fingerprint density at radius 3 is 2.56 bits per heavy atom. The van der Waals surface area contributed by atoms with E-state index in [0.717, 1.165) is 29.1 Å². The number of amides is 1. The lowest BCUT2D eigenvalue weighted by atomic mass is 9.94. The summed E-state index contributed by atoms with van der Waals surface area (Å²) < 4.78 is 5.26. The van der Waals surface area contributed by atoms with Crippen LogP contribution in [0.5, 0.6) is 5.75 Å². The van der Waals surface area contributed by atoms with Crippen LogP contribution < -0.4 is 15.0 Å². The van der Waals surface area contributed by atoms with Crippen LogP contribution in [-0.4, -0.2) is 42.1 Å². The standard InChI is InChI=1S/C21H22N4O2/c1-14(26)23-20-13-25(12-17(20)15-7-9-16(27-2)10-8-15)21-11-22-18-5-3-4-6-19(18)24-21/h3-11,17,20H,12-13H2,1-2H3,(H,23,26). The molecule has 0 aliphatic carbocycles. The van der Waals surface area contributed by atoms with Gasteiger partial charge >= 0.3 is 0 Å². The molecule has 2 unspecified atom stereocenters. The predicted molar refractivity (Wildman–Crippen MR) is 105 cm³/mol. The van der Waals surface area contributed by atoms with E-state index in [1.54, 1.807) is 14.0 Å². The molecule has 1 amide bonds. The molecule has 4 rings (SSSR count). The van der Waals surface area contributed by atoms with E-state index in [2.05, 4.69) is 27.3 Å². The van der Waals surface area contributed by atoms with Crippen LogP contribution in [0.3, 0.4) is 0 Å². The van der Waals surface area contributed by atoms with Crippen molar-refractivity contribution < 1.29 is 9.53 Å². The summed E-state index contributed by atoms with van der Waals surface area (Å²) in [7, 11) is 1.66. The van der Waals surface area contributed by atoms with Gasteiger partial charge < -0.3 is 15.0 Å². The number of para-hydroxylation sites is 2. The van der Waals surface area contributed by atoms with Gasteiger partial charge in [-0.05, 0) is 29.8 Å². The summed E-state index contributed by atoms with van der Waals surface area (Å²) in [6, 6.07) is 15.9. The first-order valence-electron chi connectivity index (χ1n) is 9.02. The van der Waals surface area contributed by atoms with Crippen molar-refractivity contribution in [2.45, 2.75) is 18.9 Å². The first-order chi connectivity index (χ1) is 13.1. The number of anilines is 1. The summed E-state index contributed by atoms with van der Waals surface area (Å²) >= 11 is 0. The molecule has 1 N–H and O–H groups in total. The normalized spacial score (nSPS) is 19.3. The second-order valence-corrected chi connectivity index (χ2v) is 6.81. The maximum absolute atomic E-state index is 11.7. The van der Waals surface area contributed by atoms with Gasteiger partial charge in [0.2, 0.25) is 5.91 Å². The van der Waals surface area contributed by atoms with Crippen LogP contribution in [0.2, 0.25) is 0 Å². The number of hydrogen-bond acceptors (Lipinski definition) is 5. The molecule has 1 aromatic heterocycles. The van der Waals surface area contributed by atoms with Crippen molar-refractivity contribution in [2.24, 2.45) is 0 Å². The molecule has 1 aliphatic heterocycles. The predicted octanol–water partition coefficient (Wildman–Crippen LogP) is 2.75. The molecule has 6 heteroatoms. The van der Waals surface area contributed by atoms with Crippen molar-refractivity contribution in [1.29, 1.82) is 0 Å². The molecule has 0 saturated carbocycles. The van der Waals surface area contributed by atoms with Gasteiger partial charge in [0.05, 0.1) is 30.4 Å². The van der Waals surface area contributed by atoms with Gasteiger partial charge in [0.25, 0.3) is 0 Å². The number of carbonyl (C=O) groups excluding carboxylic acids is 1. The summed E-state index contributed by atoms with van der Waals surface area (Å²) in [5.74, 6) is 1.81. The van der Waals surface area contributed by atoms with Crippen LogP contribution in [0.15, 0.2) is 54.7 Å². The molecule has 0 bridgehead atoms. The second-order valence-electron chi connectivity index (χ2n) is 6.81. The molecule has 2 heterocycles. The fraction of sp³-hybridized carbons (Fsp3) is 0.286. The van der Waals surface area contributed by atoms with Gasteiger partial charge in [-0.15, -0.1) is 0 Å². The molecule has 27 heavy (non-hydrogen) atoms. The zero-order chi connectivity index (χ0) is 18.8. The largest absolute Gasteiger partial charge is 0.497 e. The van der Waals surface area contributed by atoms with Crippen molar-refractivity contribution >= 4 is 22.8 Å². The third kappa shape index (κ3) is 3.56. The minimum Gasteiger partial charge on any atom is -0.497 e. The third-order valence-electron chi connectivity index (χ3n) is 5.01. The van der Waals surface area contributed by atoms with Crippen LogP contribution in [0.1, 0.15) is 18.4 Å². The molecule has 2 aromatic carbocycles. The third-order valence-corrected chi connectivity index (χ3v) is 5.01. The Labute approximate surface area is 158 Å². The van der Waals surface area contributed by atoms with Crippen molar-refractivity contribution in [1.82, 2.24) is 15.3 Å². The number of carbonyl (C=O) groups is 1. The molecule has 3 aromatic rings. The first kappa shape index (κ1) is 17.3. The zero-order valence-corrected chi connectivity index (χ0v) is 15.4. The lowest BCUT2D eigenvalue weighted by Crippen LogP contribution is -2.38. The molecule has 2 atom stereocenters. The summed E-state index contributed by atoms with van der Waals surface area (Å²) in [5.41, 5.74) is 2.93. The van der Waals surface area contributed by atoms with Gasteiger partial charge in [0.15, 0.2) is 0 Å². The van der Waals surface area contributed by atoms with Crippen molar-refractivity contribution in [3.63, 3.8) is 0 Å². The number of ether oxygens (including phenoxy) is 1. The van der Waals surface area contributed by atoms with Gasteiger partial charge in [0, 0.05) is 25.9 Å². The Morgan fingerprint density at radius 2 is 1.85 bits per heavy atom. The van der Waals surface area contributed by atoms with E-state index in [4.69, 9.17) is 9.72 Å². The molecule has 6 nitrogen and oxygen atoms in total. The topological polar surface area (TPSA) is 67.3 Å². The smallest absolute Gasteiger partial charge is 0.217 e. The maximum atomic E-state index is 11.7. The number of fused-ring (bicyclic) bond motifs is 1. The number of nitrogens with zero attached hydrogens (tertiary/aromatic N) is 3. The lowest BCUT2D eigenvalue weighted by Gasteiger charge is -2.19. The monoisotopic (exact) mass is 362 g/mol. The lowest BCUT2D eigenvalue weighted by molar-refractivity contribution is -0.119. The van der Waals surface area contributed by atoms with Crippen molar-refractivity contribution in [3.05, 3.63) is 60.3 Å². The number of aromatic nitrogens is 2. The second kappa shape index (κ2) is 7.23. The van der Waals surface area contributed by atoms with E-state index in [0.29, 0.717) is 6.54 Å². The fourth-order valence-corrected chi connectivity index (χ4v) is 3.69. The quantitative estimate of drug-likeness (QED) is 0.773. The van der Waals surface area contributed by atoms with Crippen molar-refractivity contribution in [2.75, 3.05) is 25.1 Å². The van der Waals surface area contributed by atoms with E-state index in [-0.39, 0.29) is 17.9 Å². The van der Waals surface area contributed by atoms with Crippen LogP contribution in [0.25, 0.3) is 11.0 Å². The number of methoxy groups -OCH3 is 1. The van der Waals surface area contributed by atoms with Gasteiger partial charge in [0.1, 0.15) is 11.6 Å². The highest BCUT2D eigenvalue weighted by Crippen LogP contribution is 2.31. The van der Waals surface area contributed by atoms with E-state index in [1.807, 2.05) is 42.6 Å². The highest BCUT2D eigenvalue weighted by molar-refractivity contribution is 5.76. The Morgan fingerprint density at radius 1 is 1.11 bits per heavy atom. The molecule has 138 valence electrons. The number of nitrogens with one attached hydrogen (secondary N) is 1. The minimum atomic E-state index is -0.0232. The van der Waals surface area contributed by atoms with Crippen molar-refractivity contribution in [3.8, 4) is 5.75 Å². The number of hydrogen-bond donors (Lipinski definition) is 1. The maximum Gasteiger partial charge on any atom is 0.217 e. The fourth-order valence-electron chi connectivity index (χ4n) is 3.69. The Balaban J connectivity index is 1.63. The number of rotatable bonds is 4. The number of benzene rings is 2. The molecule has 0 radical (unpaired) electrons. The molecular weight excluding hydrogens is 340 g/mol. The van der Waals surface area contributed by atoms with Gasteiger partial charge in [-0.25, -0.2) is 4.98 Å². The molecule has 1 aliphatic rings. The first-order valence-corrected chi connectivity index (χ1v) is 9.02. The summed E-state index contributed by atoms with van der Waals surface area (Å²) in [6.07, 6.45) is 1.81. The van der Waals surface area contributed by atoms with Crippen LogP contribution in [-0.2, 0) is 4.79 Å². The van der Waals surface area contributed by atoms with Crippen LogP contribution in [0.4, 0.5) is 5.82 Å². The molecular formula is C21H22N4O2. The summed E-state index contributed by atoms with van der Waals surface area (Å²) in [4.78, 5) is 23.2. The van der Waals surface area contributed by atoms with Gasteiger partial charge in [-0.2, -0.15) is 0 Å². The van der Waals surface area contributed by atoms with E-state index >= 15 is 0 Å². The van der Waals surface area contributed by atoms with Crippen LogP contribution >= 0.6 is 0 Å². The Hall–Kier alpha value is -3.15. The van der Waals surface area contributed by atoms with E-state index < -0.39 is 0 Å². The zero-order valence-electron chi connectivity index (χ0n) is 15.4. The highest BCUT2D eigenvalue weighted by Gasteiger charge is 2.35. The van der Waals surface area contributed by atoms with Crippen LogP contribution in [0, 0.1) is 0 Å². The summed E-state index contributed by atoms with van der Waals surface area (Å²) in [6.45, 7) is 3.02. The average molecular weight is 362 g/mol. The minimum absolute atomic E-state index is 0.0177. The molecule has 1 fully saturated rings. The molecule has 0 spiro atoms. The molecule has 1 saturated heterocycles. The van der Waals surface area contributed by atoms with E-state index in [1.165, 1.54) is 5.56 Å². The highest BCUT2D eigenvalue weighted by atomic mass is 16.5. The summed E-state index contributed by atoms with van der Waals surface area (Å²) in [5, 5.41) is 3.10. The Bertz CT molecular complexity index is 958.